The molecule has 6 heteroatoms. The summed E-state index contributed by atoms with van der Waals surface area (Å²) in [5.74, 6) is -0.512. The molecule has 1 rings (SSSR count). The van der Waals surface area contributed by atoms with Crippen LogP contribution in [0.2, 0.25) is 0 Å². The second-order valence-electron chi connectivity index (χ2n) is 4.12. The monoisotopic (exact) mass is 280 g/mol. The van der Waals surface area contributed by atoms with Crippen molar-refractivity contribution in [3.63, 3.8) is 0 Å². The number of esters is 1. The van der Waals surface area contributed by atoms with E-state index < -0.39 is 5.97 Å². The third kappa shape index (κ3) is 5.71. The van der Waals surface area contributed by atoms with Gasteiger partial charge in [0.05, 0.1) is 19.2 Å². The lowest BCUT2D eigenvalue weighted by Crippen LogP contribution is -2.31. The van der Waals surface area contributed by atoms with Crippen LogP contribution in [-0.4, -0.2) is 45.8 Å². The Morgan fingerprint density at radius 2 is 2.05 bits per heavy atom. The summed E-state index contributed by atoms with van der Waals surface area (Å²) in [6.07, 6.45) is 0.778. The van der Waals surface area contributed by atoms with Crippen LogP contribution in [0.1, 0.15) is 16.8 Å². The first-order chi connectivity index (χ1) is 9.67. The highest BCUT2D eigenvalue weighted by Crippen LogP contribution is 2.11. The van der Waals surface area contributed by atoms with Gasteiger partial charge in [0.15, 0.2) is 0 Å². The second-order valence-corrected chi connectivity index (χ2v) is 4.12. The van der Waals surface area contributed by atoms with Gasteiger partial charge in [-0.3, -0.25) is 4.79 Å². The van der Waals surface area contributed by atoms with E-state index in [2.05, 4.69) is 15.4 Å². The minimum Gasteiger partial charge on any atom is -0.465 e. The summed E-state index contributed by atoms with van der Waals surface area (Å²) in [6, 6.07) is 6.81. The summed E-state index contributed by atoms with van der Waals surface area (Å²) < 4.78 is 9.52. The molecule has 2 N–H and O–H groups in total. The van der Waals surface area contributed by atoms with Crippen LogP contribution < -0.4 is 10.6 Å². The van der Waals surface area contributed by atoms with Crippen LogP contribution in [-0.2, 0) is 14.3 Å². The second kappa shape index (κ2) is 8.92. The number of nitrogens with one attached hydrogen (secondary N) is 2. The van der Waals surface area contributed by atoms with E-state index in [0.29, 0.717) is 24.4 Å². The summed E-state index contributed by atoms with van der Waals surface area (Å²) in [5, 5.41) is 5.72. The summed E-state index contributed by atoms with van der Waals surface area (Å²) >= 11 is 0. The predicted molar refractivity (Wildman–Crippen MR) is 75.8 cm³/mol. The molecule has 0 fully saturated rings. The number of carbonyl (C=O) groups excluding carboxylic acids is 2. The van der Waals surface area contributed by atoms with Gasteiger partial charge in [-0.05, 0) is 24.6 Å². The maximum absolute atomic E-state index is 11.5. The fraction of sp³-hybridized carbons (Fsp3) is 0.429. The summed E-state index contributed by atoms with van der Waals surface area (Å²) in [6.45, 7) is 1.35. The zero-order chi connectivity index (χ0) is 14.8. The van der Waals surface area contributed by atoms with Crippen LogP contribution in [0.4, 0.5) is 5.69 Å². The Morgan fingerprint density at radius 1 is 1.25 bits per heavy atom. The number of benzene rings is 1. The molecule has 0 aliphatic rings. The molecular weight excluding hydrogens is 260 g/mol. The lowest BCUT2D eigenvalue weighted by atomic mass is 10.2. The Hall–Kier alpha value is -2.08. The summed E-state index contributed by atoms with van der Waals surface area (Å²) in [7, 11) is 2.95. The molecular formula is C14H20N2O4. The van der Waals surface area contributed by atoms with Crippen molar-refractivity contribution in [1.29, 1.82) is 0 Å². The van der Waals surface area contributed by atoms with Gasteiger partial charge < -0.3 is 20.1 Å². The highest BCUT2D eigenvalue weighted by molar-refractivity contribution is 5.90. The molecule has 0 saturated heterocycles. The molecule has 1 aromatic rings. The molecule has 0 heterocycles. The van der Waals surface area contributed by atoms with Crippen LogP contribution in [0.5, 0.6) is 0 Å². The standard InChI is InChI=1S/C14H20N2O4/c1-19-8-4-7-15-13(17)10-16-12-6-3-5-11(9-12)14(18)20-2/h3,5-6,9,16H,4,7-8,10H2,1-2H3,(H,15,17). The SMILES string of the molecule is COCCCNC(=O)CNc1cccc(C(=O)OC)c1. The first-order valence-corrected chi connectivity index (χ1v) is 6.35. The third-order valence-electron chi connectivity index (χ3n) is 2.58. The number of hydrogen-bond acceptors (Lipinski definition) is 5. The molecule has 0 bridgehead atoms. The summed E-state index contributed by atoms with van der Waals surface area (Å²) in [4.78, 5) is 22.9. The Bertz CT molecular complexity index is 449. The molecule has 0 atom stereocenters. The number of amides is 1. The quantitative estimate of drug-likeness (QED) is 0.549. The Balaban J connectivity index is 2.37. The lowest BCUT2D eigenvalue weighted by molar-refractivity contribution is -0.119. The number of hydrogen-bond donors (Lipinski definition) is 2. The molecule has 1 amide bonds. The highest BCUT2D eigenvalue weighted by Gasteiger charge is 2.06. The number of carbonyl (C=O) groups is 2. The Morgan fingerprint density at radius 3 is 2.75 bits per heavy atom. The first kappa shape index (κ1) is 16.0. The van der Waals surface area contributed by atoms with Crippen LogP contribution >= 0.6 is 0 Å². The van der Waals surface area contributed by atoms with Crippen LogP contribution in [0.15, 0.2) is 24.3 Å². The van der Waals surface area contributed by atoms with Crippen molar-refractivity contribution in [3.05, 3.63) is 29.8 Å². The van der Waals surface area contributed by atoms with E-state index in [-0.39, 0.29) is 12.5 Å². The normalized spacial score (nSPS) is 9.90. The minimum absolute atomic E-state index is 0.107. The molecule has 1 aromatic carbocycles. The van der Waals surface area contributed by atoms with E-state index in [9.17, 15) is 9.59 Å². The minimum atomic E-state index is -0.405. The van der Waals surface area contributed by atoms with E-state index in [4.69, 9.17) is 4.74 Å². The molecule has 0 aliphatic heterocycles. The van der Waals surface area contributed by atoms with Gasteiger partial charge in [-0.25, -0.2) is 4.79 Å². The van der Waals surface area contributed by atoms with Gasteiger partial charge in [-0.2, -0.15) is 0 Å². The van der Waals surface area contributed by atoms with Crippen LogP contribution in [0.3, 0.4) is 0 Å². The van der Waals surface area contributed by atoms with Crippen LogP contribution in [0.25, 0.3) is 0 Å². The zero-order valence-electron chi connectivity index (χ0n) is 11.8. The Kier molecular flexibility index (Phi) is 7.13. The highest BCUT2D eigenvalue weighted by atomic mass is 16.5. The van der Waals surface area contributed by atoms with Crippen molar-refractivity contribution in [1.82, 2.24) is 5.32 Å². The molecule has 110 valence electrons. The number of anilines is 1. The van der Waals surface area contributed by atoms with E-state index in [1.54, 1.807) is 31.4 Å². The van der Waals surface area contributed by atoms with Gasteiger partial charge >= 0.3 is 5.97 Å². The van der Waals surface area contributed by atoms with Crippen molar-refractivity contribution in [2.45, 2.75) is 6.42 Å². The molecule has 0 radical (unpaired) electrons. The number of methoxy groups -OCH3 is 2. The smallest absolute Gasteiger partial charge is 0.337 e. The van der Waals surface area contributed by atoms with Gasteiger partial charge in [-0.1, -0.05) is 6.07 Å². The largest absolute Gasteiger partial charge is 0.465 e. The van der Waals surface area contributed by atoms with Gasteiger partial charge in [0, 0.05) is 25.9 Å². The molecule has 0 unspecified atom stereocenters. The van der Waals surface area contributed by atoms with E-state index >= 15 is 0 Å². The van der Waals surface area contributed by atoms with Crippen LogP contribution in [0, 0.1) is 0 Å². The van der Waals surface area contributed by atoms with E-state index in [1.807, 2.05) is 0 Å². The third-order valence-corrected chi connectivity index (χ3v) is 2.58. The lowest BCUT2D eigenvalue weighted by Gasteiger charge is -2.08. The summed E-state index contributed by atoms with van der Waals surface area (Å²) in [5.41, 5.74) is 1.14. The van der Waals surface area contributed by atoms with Crippen molar-refractivity contribution in [2.24, 2.45) is 0 Å². The predicted octanol–water partition coefficient (Wildman–Crippen LogP) is 1.04. The number of rotatable bonds is 8. The fourth-order valence-corrected chi connectivity index (χ4v) is 1.56. The fourth-order valence-electron chi connectivity index (χ4n) is 1.56. The molecule has 20 heavy (non-hydrogen) atoms. The number of ether oxygens (including phenoxy) is 2. The molecule has 0 aromatic heterocycles. The Labute approximate surface area is 118 Å². The zero-order valence-corrected chi connectivity index (χ0v) is 11.8. The maximum atomic E-state index is 11.5. The first-order valence-electron chi connectivity index (χ1n) is 6.35. The average Bonchev–Trinajstić information content (AvgIpc) is 2.49. The maximum Gasteiger partial charge on any atom is 0.337 e. The molecule has 0 spiro atoms. The molecule has 0 aliphatic carbocycles. The van der Waals surface area contributed by atoms with Gasteiger partial charge in [-0.15, -0.1) is 0 Å². The molecule has 6 nitrogen and oxygen atoms in total. The van der Waals surface area contributed by atoms with Gasteiger partial charge in [0.25, 0.3) is 0 Å². The average molecular weight is 280 g/mol. The molecule has 0 saturated carbocycles. The van der Waals surface area contributed by atoms with Gasteiger partial charge in [0.2, 0.25) is 5.91 Å². The van der Waals surface area contributed by atoms with E-state index in [1.165, 1.54) is 7.11 Å². The van der Waals surface area contributed by atoms with Crippen molar-refractivity contribution in [3.8, 4) is 0 Å². The van der Waals surface area contributed by atoms with Crippen molar-refractivity contribution in [2.75, 3.05) is 39.2 Å². The van der Waals surface area contributed by atoms with Crippen molar-refractivity contribution < 1.29 is 19.1 Å². The van der Waals surface area contributed by atoms with Gasteiger partial charge in [0.1, 0.15) is 0 Å². The van der Waals surface area contributed by atoms with E-state index in [0.717, 1.165) is 6.42 Å². The van der Waals surface area contributed by atoms with Crippen molar-refractivity contribution >= 4 is 17.6 Å². The topological polar surface area (TPSA) is 76.7 Å².